The highest BCUT2D eigenvalue weighted by molar-refractivity contribution is 7.98. The lowest BCUT2D eigenvalue weighted by Crippen LogP contribution is -2.42. The SMILES string of the molecule is COC(=O)[C@@H](CCSC)NC(=O)c1n[nH]c2ccccc12. The van der Waals surface area contributed by atoms with Crippen LogP contribution < -0.4 is 5.32 Å². The van der Waals surface area contributed by atoms with Crippen molar-refractivity contribution in [2.24, 2.45) is 0 Å². The number of hydrogen-bond acceptors (Lipinski definition) is 5. The minimum Gasteiger partial charge on any atom is -0.467 e. The molecule has 0 aliphatic rings. The van der Waals surface area contributed by atoms with Crippen LogP contribution in [0.2, 0.25) is 0 Å². The maximum Gasteiger partial charge on any atom is 0.328 e. The number of hydrogen-bond donors (Lipinski definition) is 2. The van der Waals surface area contributed by atoms with Crippen LogP contribution in [0.25, 0.3) is 10.9 Å². The van der Waals surface area contributed by atoms with Gasteiger partial charge in [0.05, 0.1) is 12.6 Å². The minimum atomic E-state index is -0.662. The smallest absolute Gasteiger partial charge is 0.328 e. The monoisotopic (exact) mass is 307 g/mol. The van der Waals surface area contributed by atoms with Crippen molar-refractivity contribution < 1.29 is 14.3 Å². The number of benzene rings is 1. The standard InChI is InChI=1S/C14H17N3O3S/c1-20-14(19)11(7-8-21-2)15-13(18)12-9-5-3-4-6-10(9)16-17-12/h3-6,11H,7-8H2,1-2H3,(H,15,18)(H,16,17)/t11-/m1/s1. The van der Waals surface area contributed by atoms with E-state index in [1.165, 1.54) is 7.11 Å². The summed E-state index contributed by atoms with van der Waals surface area (Å²) in [6.07, 6.45) is 2.46. The summed E-state index contributed by atoms with van der Waals surface area (Å²) in [5.74, 6) is -0.0809. The van der Waals surface area contributed by atoms with E-state index in [2.05, 4.69) is 15.5 Å². The number of ether oxygens (including phenoxy) is 1. The van der Waals surface area contributed by atoms with Crippen LogP contribution in [0.5, 0.6) is 0 Å². The van der Waals surface area contributed by atoms with E-state index < -0.39 is 12.0 Å². The first-order chi connectivity index (χ1) is 10.2. The zero-order chi connectivity index (χ0) is 15.2. The molecule has 0 radical (unpaired) electrons. The molecule has 1 aromatic heterocycles. The number of fused-ring (bicyclic) bond motifs is 1. The van der Waals surface area contributed by atoms with E-state index in [1.54, 1.807) is 11.8 Å². The van der Waals surface area contributed by atoms with Gasteiger partial charge in [0, 0.05) is 5.39 Å². The molecule has 0 fully saturated rings. The molecule has 0 aliphatic heterocycles. The van der Waals surface area contributed by atoms with Crippen molar-refractivity contribution >= 4 is 34.5 Å². The highest BCUT2D eigenvalue weighted by Crippen LogP contribution is 2.15. The maximum absolute atomic E-state index is 12.3. The first-order valence-electron chi connectivity index (χ1n) is 6.48. The molecule has 1 amide bonds. The second-order valence-electron chi connectivity index (χ2n) is 4.45. The van der Waals surface area contributed by atoms with Crippen LogP contribution in [0.1, 0.15) is 16.9 Å². The van der Waals surface area contributed by atoms with Crippen LogP contribution in [-0.2, 0) is 9.53 Å². The minimum absolute atomic E-state index is 0.281. The first-order valence-corrected chi connectivity index (χ1v) is 7.87. The molecule has 0 saturated carbocycles. The Morgan fingerprint density at radius 2 is 2.19 bits per heavy atom. The second kappa shape index (κ2) is 7.12. The van der Waals surface area contributed by atoms with E-state index >= 15 is 0 Å². The summed E-state index contributed by atoms with van der Waals surface area (Å²) < 4.78 is 4.72. The number of methoxy groups -OCH3 is 1. The van der Waals surface area contributed by atoms with Gasteiger partial charge in [-0.15, -0.1) is 0 Å². The Balaban J connectivity index is 2.16. The third kappa shape index (κ3) is 3.55. The number of nitrogens with one attached hydrogen (secondary N) is 2. The van der Waals surface area contributed by atoms with E-state index in [9.17, 15) is 9.59 Å². The number of rotatable bonds is 6. The molecule has 6 nitrogen and oxygen atoms in total. The van der Waals surface area contributed by atoms with Crippen molar-refractivity contribution in [3.05, 3.63) is 30.0 Å². The lowest BCUT2D eigenvalue weighted by molar-refractivity contribution is -0.142. The Hall–Kier alpha value is -2.02. The summed E-state index contributed by atoms with van der Waals surface area (Å²) >= 11 is 1.60. The largest absolute Gasteiger partial charge is 0.467 e. The average Bonchev–Trinajstić information content (AvgIpc) is 2.94. The van der Waals surface area contributed by atoms with Gasteiger partial charge in [-0.05, 0) is 24.5 Å². The van der Waals surface area contributed by atoms with Crippen LogP contribution in [0.3, 0.4) is 0 Å². The number of thioether (sulfide) groups is 1. The Morgan fingerprint density at radius 1 is 1.43 bits per heavy atom. The molecule has 2 aromatic rings. The molecule has 0 bridgehead atoms. The van der Waals surface area contributed by atoms with Gasteiger partial charge in [-0.1, -0.05) is 18.2 Å². The number of amides is 1. The van der Waals surface area contributed by atoms with Gasteiger partial charge in [0.15, 0.2) is 5.69 Å². The number of esters is 1. The van der Waals surface area contributed by atoms with E-state index in [0.29, 0.717) is 6.42 Å². The van der Waals surface area contributed by atoms with Gasteiger partial charge in [-0.3, -0.25) is 9.89 Å². The molecule has 0 aliphatic carbocycles. The van der Waals surface area contributed by atoms with Gasteiger partial charge in [0.1, 0.15) is 6.04 Å². The fourth-order valence-electron chi connectivity index (χ4n) is 1.99. The highest BCUT2D eigenvalue weighted by atomic mass is 32.2. The molecule has 7 heteroatoms. The number of carbonyl (C=O) groups is 2. The third-order valence-electron chi connectivity index (χ3n) is 3.09. The summed E-state index contributed by atoms with van der Waals surface area (Å²) in [7, 11) is 1.31. The Labute approximate surface area is 126 Å². The van der Waals surface area contributed by atoms with Crippen LogP contribution in [0, 0.1) is 0 Å². The number of aromatic amines is 1. The molecule has 0 unspecified atom stereocenters. The summed E-state index contributed by atoms with van der Waals surface area (Å²) in [6, 6.07) is 6.68. The number of H-pyrrole nitrogens is 1. The van der Waals surface area contributed by atoms with Crippen LogP contribution in [-0.4, -0.2) is 47.2 Å². The predicted octanol–water partition coefficient (Wildman–Crippen LogP) is 1.59. The Kier molecular flexibility index (Phi) is 5.21. The molecular formula is C14H17N3O3S. The second-order valence-corrected chi connectivity index (χ2v) is 5.43. The first kappa shape index (κ1) is 15.4. The van der Waals surface area contributed by atoms with Crippen molar-refractivity contribution in [2.45, 2.75) is 12.5 Å². The van der Waals surface area contributed by atoms with Gasteiger partial charge in [0.2, 0.25) is 0 Å². The lowest BCUT2D eigenvalue weighted by Gasteiger charge is -2.15. The molecule has 1 atom stereocenters. The maximum atomic E-state index is 12.3. The van der Waals surface area contributed by atoms with E-state index in [4.69, 9.17) is 4.74 Å². The van der Waals surface area contributed by atoms with Crippen LogP contribution in [0.4, 0.5) is 0 Å². The van der Waals surface area contributed by atoms with Crippen molar-refractivity contribution in [1.29, 1.82) is 0 Å². The van der Waals surface area contributed by atoms with Crippen molar-refractivity contribution in [1.82, 2.24) is 15.5 Å². The molecule has 2 rings (SSSR count). The number of para-hydroxylation sites is 1. The van der Waals surface area contributed by atoms with Crippen molar-refractivity contribution in [2.75, 3.05) is 19.1 Å². The average molecular weight is 307 g/mol. The van der Waals surface area contributed by atoms with E-state index in [1.807, 2.05) is 30.5 Å². The van der Waals surface area contributed by atoms with E-state index in [-0.39, 0.29) is 11.6 Å². The topological polar surface area (TPSA) is 84.1 Å². The summed E-state index contributed by atoms with van der Waals surface area (Å²) in [5, 5.41) is 10.2. The molecule has 112 valence electrons. The normalized spacial score (nSPS) is 12.1. The van der Waals surface area contributed by atoms with Gasteiger partial charge in [-0.25, -0.2) is 4.79 Å². The van der Waals surface area contributed by atoms with Crippen LogP contribution >= 0.6 is 11.8 Å². The molecule has 0 saturated heterocycles. The zero-order valence-corrected chi connectivity index (χ0v) is 12.7. The Morgan fingerprint density at radius 3 is 2.90 bits per heavy atom. The Bertz CT molecular complexity index is 641. The highest BCUT2D eigenvalue weighted by Gasteiger charge is 2.23. The summed E-state index contributed by atoms with van der Waals surface area (Å²) in [4.78, 5) is 24.0. The molecule has 2 N–H and O–H groups in total. The van der Waals surface area contributed by atoms with Gasteiger partial charge < -0.3 is 10.1 Å². The zero-order valence-electron chi connectivity index (χ0n) is 11.9. The van der Waals surface area contributed by atoms with Crippen molar-refractivity contribution in [3.63, 3.8) is 0 Å². The van der Waals surface area contributed by atoms with Gasteiger partial charge in [-0.2, -0.15) is 16.9 Å². The number of aromatic nitrogens is 2. The van der Waals surface area contributed by atoms with Crippen molar-refractivity contribution in [3.8, 4) is 0 Å². The lowest BCUT2D eigenvalue weighted by atomic mass is 10.2. The van der Waals surface area contributed by atoms with Crippen LogP contribution in [0.15, 0.2) is 24.3 Å². The molecule has 0 spiro atoms. The summed E-state index contributed by atoms with van der Waals surface area (Å²) in [5.41, 5.74) is 1.06. The fraction of sp³-hybridized carbons (Fsp3) is 0.357. The quantitative estimate of drug-likeness (QED) is 0.792. The summed E-state index contributed by atoms with van der Waals surface area (Å²) in [6.45, 7) is 0. The number of nitrogens with zero attached hydrogens (tertiary/aromatic N) is 1. The van der Waals surface area contributed by atoms with E-state index in [0.717, 1.165) is 16.7 Å². The van der Waals surface area contributed by atoms with Gasteiger partial charge >= 0.3 is 5.97 Å². The molecule has 21 heavy (non-hydrogen) atoms. The van der Waals surface area contributed by atoms with Gasteiger partial charge in [0.25, 0.3) is 5.91 Å². The fourth-order valence-corrected chi connectivity index (χ4v) is 2.46. The number of carbonyl (C=O) groups excluding carboxylic acids is 2. The predicted molar refractivity (Wildman–Crippen MR) is 82.4 cm³/mol. The molecule has 1 aromatic carbocycles. The third-order valence-corrected chi connectivity index (χ3v) is 3.73. The molecule has 1 heterocycles. The molecular weight excluding hydrogens is 290 g/mol.